The van der Waals surface area contributed by atoms with Crippen LogP contribution in [-0.4, -0.2) is 46.2 Å². The van der Waals surface area contributed by atoms with Crippen molar-refractivity contribution < 1.29 is 23.9 Å². The Morgan fingerprint density at radius 1 is 1.41 bits per heavy atom. The molecule has 1 aromatic carbocycles. The number of aryl methyl sites for hydroxylation is 1. The maximum atomic E-state index is 12.4. The van der Waals surface area contributed by atoms with Gasteiger partial charge in [-0.05, 0) is 25.3 Å². The predicted molar refractivity (Wildman–Crippen MR) is 128 cm³/mol. The third kappa shape index (κ3) is 5.40. The second-order valence-corrected chi connectivity index (χ2v) is 9.15. The number of nitrogens with one attached hydrogen (secondary N) is 1. The van der Waals surface area contributed by atoms with Gasteiger partial charge in [0.1, 0.15) is 22.5 Å². The minimum absolute atomic E-state index is 0.0346. The molecule has 32 heavy (non-hydrogen) atoms. The van der Waals surface area contributed by atoms with Gasteiger partial charge >= 0.3 is 5.97 Å². The summed E-state index contributed by atoms with van der Waals surface area (Å²) in [5.74, 6) is 1.63. The van der Waals surface area contributed by atoms with Crippen molar-refractivity contribution in [2.75, 3.05) is 20.0 Å². The Kier molecular flexibility index (Phi) is 8.10. The number of carbonyl (C=O) groups is 1. The molecule has 1 unspecified atom stereocenters. The maximum Gasteiger partial charge on any atom is 0.338 e. The molecular formula is C21H23N3O5S3. The molecule has 2 N–H and O–H groups in total. The van der Waals surface area contributed by atoms with Crippen molar-refractivity contribution in [3.05, 3.63) is 56.9 Å². The smallest absolute Gasteiger partial charge is 0.338 e. The van der Waals surface area contributed by atoms with Crippen LogP contribution in [0.3, 0.4) is 0 Å². The van der Waals surface area contributed by atoms with E-state index in [4.69, 9.17) is 26.2 Å². The molecule has 0 radical (unpaired) electrons. The Bertz CT molecular complexity index is 1100. The van der Waals surface area contributed by atoms with Gasteiger partial charge in [-0.15, -0.1) is 11.3 Å². The highest BCUT2D eigenvalue weighted by atomic mass is 32.2. The number of ether oxygens (including phenoxy) is 2. The zero-order valence-electron chi connectivity index (χ0n) is 18.0. The van der Waals surface area contributed by atoms with E-state index in [1.807, 2.05) is 17.5 Å². The summed E-state index contributed by atoms with van der Waals surface area (Å²) in [6, 6.07) is 5.02. The summed E-state index contributed by atoms with van der Waals surface area (Å²) in [6.07, 6.45) is 0. The largest absolute Gasteiger partial charge is 0.507 e. The molecule has 0 saturated heterocycles. The van der Waals surface area contributed by atoms with Crippen molar-refractivity contribution in [3.8, 4) is 11.5 Å². The summed E-state index contributed by atoms with van der Waals surface area (Å²) in [4.78, 5) is 18.3. The molecule has 0 saturated carbocycles. The lowest BCUT2D eigenvalue weighted by molar-refractivity contribution is 0.0598. The minimum atomic E-state index is -0.534. The number of thiophene rings is 1. The van der Waals surface area contributed by atoms with E-state index in [1.54, 1.807) is 13.8 Å². The number of rotatable bonds is 9. The van der Waals surface area contributed by atoms with E-state index in [-0.39, 0.29) is 11.8 Å². The van der Waals surface area contributed by atoms with Crippen molar-refractivity contribution in [1.82, 2.24) is 15.5 Å². The molecule has 0 aliphatic rings. The number of carbonyl (C=O) groups excluding carboxylic acids is 1. The highest BCUT2D eigenvalue weighted by Gasteiger charge is 2.24. The molecule has 0 aliphatic carbocycles. The first-order chi connectivity index (χ1) is 15.3. The first-order valence-electron chi connectivity index (χ1n) is 9.55. The maximum absolute atomic E-state index is 12.4. The molecule has 3 aromatic rings. The Hall–Kier alpha value is -2.63. The molecular weight excluding hydrogens is 470 g/mol. The highest BCUT2D eigenvalue weighted by molar-refractivity contribution is 7.98. The van der Waals surface area contributed by atoms with Gasteiger partial charge in [0.25, 0.3) is 0 Å². The van der Waals surface area contributed by atoms with Crippen LogP contribution in [0.2, 0.25) is 0 Å². The van der Waals surface area contributed by atoms with Crippen LogP contribution >= 0.6 is 35.3 Å². The third-order valence-electron chi connectivity index (χ3n) is 4.66. The van der Waals surface area contributed by atoms with Crippen molar-refractivity contribution in [3.63, 3.8) is 0 Å². The van der Waals surface area contributed by atoms with Gasteiger partial charge in [0.15, 0.2) is 5.82 Å². The molecule has 170 valence electrons. The topological polar surface area (TPSA) is 107 Å². The lowest BCUT2D eigenvalue weighted by Crippen LogP contribution is -2.29. The number of hydrogen-bond donors (Lipinski definition) is 2. The fourth-order valence-electron chi connectivity index (χ4n) is 3.08. The fourth-order valence-corrected chi connectivity index (χ4v) is 5.14. The number of esters is 1. The number of aromatic nitrogens is 2. The van der Waals surface area contributed by atoms with Gasteiger partial charge < -0.3 is 24.4 Å². The van der Waals surface area contributed by atoms with Gasteiger partial charge in [0.2, 0.25) is 5.89 Å². The molecule has 2 heterocycles. The lowest BCUT2D eigenvalue weighted by atomic mass is 10.0. The zero-order valence-corrected chi connectivity index (χ0v) is 20.4. The summed E-state index contributed by atoms with van der Waals surface area (Å²) in [5, 5.41) is 19.7. The van der Waals surface area contributed by atoms with E-state index in [2.05, 4.69) is 15.5 Å². The standard InChI is InChI=1S/C21H23N3O5S3/c1-11-16(27-3)8-15(25)13(18(11)21(26)28-4)9-31-10-14(19-22-12(2)24-29-19)23-20(30)17-6-5-7-32-17/h5-8,14,25H,9-10H2,1-4H3,(H,23,30). The van der Waals surface area contributed by atoms with Crippen LogP contribution in [0.25, 0.3) is 0 Å². The molecule has 0 bridgehead atoms. The first-order valence-corrected chi connectivity index (χ1v) is 12.0. The monoisotopic (exact) mass is 493 g/mol. The second-order valence-electron chi connectivity index (χ2n) is 6.77. The summed E-state index contributed by atoms with van der Waals surface area (Å²) in [5.41, 5.74) is 1.37. The Labute approximate surface area is 199 Å². The number of thioether (sulfide) groups is 1. The number of hydrogen-bond acceptors (Lipinski definition) is 10. The zero-order chi connectivity index (χ0) is 23.3. The average molecular weight is 494 g/mol. The number of thiocarbonyl (C=S) groups is 1. The van der Waals surface area contributed by atoms with Crippen LogP contribution in [0.15, 0.2) is 28.1 Å². The molecule has 8 nitrogen and oxygen atoms in total. The molecule has 3 rings (SSSR count). The molecule has 0 amide bonds. The van der Waals surface area contributed by atoms with E-state index in [9.17, 15) is 9.90 Å². The van der Waals surface area contributed by atoms with Crippen LogP contribution < -0.4 is 10.1 Å². The van der Waals surface area contributed by atoms with Gasteiger partial charge in [-0.25, -0.2) is 4.79 Å². The molecule has 0 fully saturated rings. The highest BCUT2D eigenvalue weighted by Crippen LogP contribution is 2.36. The lowest BCUT2D eigenvalue weighted by Gasteiger charge is -2.18. The van der Waals surface area contributed by atoms with Gasteiger partial charge in [-0.3, -0.25) is 0 Å². The van der Waals surface area contributed by atoms with Gasteiger partial charge in [-0.2, -0.15) is 16.7 Å². The van der Waals surface area contributed by atoms with E-state index in [0.29, 0.717) is 50.6 Å². The van der Waals surface area contributed by atoms with Gasteiger partial charge in [-0.1, -0.05) is 23.4 Å². The van der Waals surface area contributed by atoms with Gasteiger partial charge in [0, 0.05) is 28.7 Å². The van der Waals surface area contributed by atoms with E-state index < -0.39 is 5.97 Å². The second kappa shape index (κ2) is 10.8. The molecule has 11 heteroatoms. The minimum Gasteiger partial charge on any atom is -0.507 e. The molecule has 0 spiro atoms. The number of nitrogens with zero attached hydrogens (tertiary/aromatic N) is 2. The van der Waals surface area contributed by atoms with E-state index in [0.717, 1.165) is 4.88 Å². The van der Waals surface area contributed by atoms with E-state index in [1.165, 1.54) is 43.4 Å². The van der Waals surface area contributed by atoms with Crippen molar-refractivity contribution >= 4 is 46.3 Å². The number of methoxy groups -OCH3 is 2. The number of aromatic hydroxyl groups is 1. The van der Waals surface area contributed by atoms with Crippen LogP contribution in [0.1, 0.15) is 44.1 Å². The number of benzene rings is 1. The van der Waals surface area contributed by atoms with Crippen molar-refractivity contribution in [2.24, 2.45) is 0 Å². The summed E-state index contributed by atoms with van der Waals surface area (Å²) in [7, 11) is 2.79. The van der Waals surface area contributed by atoms with Crippen LogP contribution in [0, 0.1) is 13.8 Å². The molecule has 2 aromatic heterocycles. The van der Waals surface area contributed by atoms with Crippen LogP contribution in [0.4, 0.5) is 0 Å². The fraction of sp³-hybridized carbons (Fsp3) is 0.333. The third-order valence-corrected chi connectivity index (χ3v) is 7.07. The first kappa shape index (κ1) is 24.0. The SMILES string of the molecule is COC(=O)c1c(C)c(OC)cc(O)c1CSCC(NC(=S)c1cccs1)c1nc(C)no1. The predicted octanol–water partition coefficient (Wildman–Crippen LogP) is 4.19. The Morgan fingerprint density at radius 2 is 2.19 bits per heavy atom. The summed E-state index contributed by atoms with van der Waals surface area (Å²) in [6.45, 7) is 3.50. The molecule has 0 aliphatic heterocycles. The number of phenols is 1. The van der Waals surface area contributed by atoms with Gasteiger partial charge in [0.05, 0.1) is 24.7 Å². The summed E-state index contributed by atoms with van der Waals surface area (Å²) < 4.78 is 15.6. The van der Waals surface area contributed by atoms with Crippen LogP contribution in [-0.2, 0) is 10.5 Å². The molecule has 1 atom stereocenters. The quantitative estimate of drug-likeness (QED) is 0.333. The van der Waals surface area contributed by atoms with Crippen molar-refractivity contribution in [2.45, 2.75) is 25.6 Å². The normalized spacial score (nSPS) is 11.8. The number of phenolic OH excluding ortho intramolecular Hbond substituents is 1. The Morgan fingerprint density at radius 3 is 2.78 bits per heavy atom. The van der Waals surface area contributed by atoms with Crippen LogP contribution in [0.5, 0.6) is 11.5 Å². The summed E-state index contributed by atoms with van der Waals surface area (Å²) >= 11 is 8.54. The Balaban J connectivity index is 1.80. The van der Waals surface area contributed by atoms with Crippen molar-refractivity contribution in [1.29, 1.82) is 0 Å². The average Bonchev–Trinajstić information content (AvgIpc) is 3.46. The van der Waals surface area contributed by atoms with E-state index >= 15 is 0 Å².